The Morgan fingerprint density at radius 1 is 1.24 bits per heavy atom. The molecule has 0 atom stereocenters. The monoisotopic (exact) mass is 298 g/mol. The van der Waals surface area contributed by atoms with Crippen LogP contribution >= 0.6 is 0 Å². The molecule has 0 saturated heterocycles. The van der Waals surface area contributed by atoms with E-state index in [0.29, 0.717) is 37.0 Å². The standard InChI is InChI=1S/C15H30N4O2/c1-6-13(7-2)19(8-9-20-5)15-18-17-14(21-15)11-16-10-12(3)4/h12-13,16H,6-11H2,1-5H3. The Kier molecular flexibility index (Phi) is 8.30. The first-order valence-corrected chi connectivity index (χ1v) is 7.90. The first-order chi connectivity index (χ1) is 10.1. The topological polar surface area (TPSA) is 63.4 Å². The first kappa shape index (κ1) is 17.9. The van der Waals surface area contributed by atoms with Gasteiger partial charge in [0.2, 0.25) is 5.89 Å². The molecule has 0 unspecified atom stereocenters. The third kappa shape index (κ3) is 6.01. The van der Waals surface area contributed by atoms with E-state index in [4.69, 9.17) is 9.15 Å². The van der Waals surface area contributed by atoms with Gasteiger partial charge in [-0.3, -0.25) is 0 Å². The maximum absolute atomic E-state index is 5.79. The molecule has 1 rings (SSSR count). The van der Waals surface area contributed by atoms with Crippen LogP contribution in [0.3, 0.4) is 0 Å². The zero-order valence-corrected chi connectivity index (χ0v) is 14.1. The van der Waals surface area contributed by atoms with E-state index >= 15 is 0 Å². The number of aromatic nitrogens is 2. The molecule has 1 aromatic rings. The summed E-state index contributed by atoms with van der Waals surface area (Å²) in [4.78, 5) is 2.16. The van der Waals surface area contributed by atoms with Crippen molar-refractivity contribution < 1.29 is 9.15 Å². The van der Waals surface area contributed by atoms with Crippen LogP contribution in [0.15, 0.2) is 4.42 Å². The van der Waals surface area contributed by atoms with Gasteiger partial charge in [0, 0.05) is 19.7 Å². The fourth-order valence-corrected chi connectivity index (χ4v) is 2.25. The quantitative estimate of drug-likeness (QED) is 0.677. The normalized spacial score (nSPS) is 11.6. The molecule has 0 amide bonds. The number of hydrogen-bond donors (Lipinski definition) is 1. The van der Waals surface area contributed by atoms with Gasteiger partial charge in [-0.25, -0.2) is 0 Å². The fraction of sp³-hybridized carbons (Fsp3) is 0.867. The van der Waals surface area contributed by atoms with Crippen LogP contribution in [0.2, 0.25) is 0 Å². The van der Waals surface area contributed by atoms with E-state index in [2.05, 4.69) is 48.1 Å². The Morgan fingerprint density at radius 2 is 1.95 bits per heavy atom. The summed E-state index contributed by atoms with van der Waals surface area (Å²) in [6, 6.07) is 0.999. The molecular formula is C15H30N4O2. The lowest BCUT2D eigenvalue weighted by Crippen LogP contribution is -2.37. The number of hydrogen-bond acceptors (Lipinski definition) is 6. The molecule has 1 N–H and O–H groups in total. The van der Waals surface area contributed by atoms with Crippen molar-refractivity contribution in [1.82, 2.24) is 15.5 Å². The molecule has 0 spiro atoms. The molecule has 0 aliphatic rings. The average molecular weight is 298 g/mol. The van der Waals surface area contributed by atoms with Crippen LogP contribution in [-0.2, 0) is 11.3 Å². The smallest absolute Gasteiger partial charge is 0.318 e. The van der Waals surface area contributed by atoms with Crippen molar-refractivity contribution in [2.24, 2.45) is 5.92 Å². The maximum atomic E-state index is 5.79. The van der Waals surface area contributed by atoms with Gasteiger partial charge in [-0.2, -0.15) is 0 Å². The number of nitrogens with one attached hydrogen (secondary N) is 1. The van der Waals surface area contributed by atoms with Crippen molar-refractivity contribution in [2.75, 3.05) is 31.7 Å². The highest BCUT2D eigenvalue weighted by Crippen LogP contribution is 2.19. The maximum Gasteiger partial charge on any atom is 0.318 e. The Labute approximate surface area is 128 Å². The molecule has 122 valence electrons. The Balaban J connectivity index is 2.67. The van der Waals surface area contributed by atoms with Gasteiger partial charge in [-0.1, -0.05) is 32.8 Å². The minimum atomic E-state index is 0.400. The molecule has 6 heteroatoms. The molecule has 1 heterocycles. The Hall–Kier alpha value is -1.14. The molecule has 21 heavy (non-hydrogen) atoms. The summed E-state index contributed by atoms with van der Waals surface area (Å²) in [5.41, 5.74) is 0. The van der Waals surface area contributed by atoms with Crippen molar-refractivity contribution in [3.05, 3.63) is 5.89 Å². The zero-order valence-electron chi connectivity index (χ0n) is 14.1. The second-order valence-electron chi connectivity index (χ2n) is 5.66. The minimum absolute atomic E-state index is 0.400. The minimum Gasteiger partial charge on any atom is -0.407 e. The second-order valence-corrected chi connectivity index (χ2v) is 5.66. The highest BCUT2D eigenvalue weighted by Gasteiger charge is 2.21. The third-order valence-corrected chi connectivity index (χ3v) is 3.45. The summed E-state index contributed by atoms with van der Waals surface area (Å²) in [5, 5.41) is 11.6. The zero-order chi connectivity index (χ0) is 15.7. The number of methoxy groups -OCH3 is 1. The highest BCUT2D eigenvalue weighted by atomic mass is 16.5. The van der Waals surface area contributed by atoms with Gasteiger partial charge in [-0.15, -0.1) is 5.10 Å². The SMILES string of the molecule is CCC(CC)N(CCOC)c1nnc(CNCC(C)C)o1. The van der Waals surface area contributed by atoms with Crippen LogP contribution in [0.4, 0.5) is 6.01 Å². The van der Waals surface area contributed by atoms with Crippen LogP contribution in [0, 0.1) is 5.92 Å². The molecular weight excluding hydrogens is 268 g/mol. The van der Waals surface area contributed by atoms with Crippen LogP contribution in [0.1, 0.15) is 46.4 Å². The van der Waals surface area contributed by atoms with Crippen molar-refractivity contribution in [3.8, 4) is 0 Å². The number of ether oxygens (including phenoxy) is 1. The molecule has 0 bridgehead atoms. The fourth-order valence-electron chi connectivity index (χ4n) is 2.25. The molecule has 0 radical (unpaired) electrons. The summed E-state index contributed by atoms with van der Waals surface area (Å²) in [7, 11) is 1.71. The van der Waals surface area contributed by atoms with E-state index in [1.165, 1.54) is 0 Å². The van der Waals surface area contributed by atoms with Gasteiger partial charge >= 0.3 is 6.01 Å². The van der Waals surface area contributed by atoms with Gasteiger partial charge in [0.05, 0.1) is 13.2 Å². The summed E-state index contributed by atoms with van der Waals surface area (Å²) in [6.45, 7) is 11.7. The van der Waals surface area contributed by atoms with E-state index in [9.17, 15) is 0 Å². The van der Waals surface area contributed by atoms with Crippen LogP contribution in [-0.4, -0.2) is 43.0 Å². The molecule has 0 saturated carbocycles. The van der Waals surface area contributed by atoms with Crippen LogP contribution < -0.4 is 10.2 Å². The molecule has 0 fully saturated rings. The lowest BCUT2D eigenvalue weighted by Gasteiger charge is -2.28. The summed E-state index contributed by atoms with van der Waals surface area (Å²) >= 11 is 0. The van der Waals surface area contributed by atoms with E-state index < -0.39 is 0 Å². The molecule has 6 nitrogen and oxygen atoms in total. The summed E-state index contributed by atoms with van der Waals surface area (Å²) in [6.07, 6.45) is 2.09. The van der Waals surface area contributed by atoms with Crippen LogP contribution in [0.25, 0.3) is 0 Å². The van der Waals surface area contributed by atoms with Gasteiger partial charge in [0.25, 0.3) is 0 Å². The number of nitrogens with zero attached hydrogens (tertiary/aromatic N) is 3. The van der Waals surface area contributed by atoms with Gasteiger partial charge in [0.1, 0.15) is 0 Å². The Bertz CT molecular complexity index is 378. The van der Waals surface area contributed by atoms with Crippen molar-refractivity contribution >= 4 is 6.01 Å². The summed E-state index contributed by atoms with van der Waals surface area (Å²) in [5.74, 6) is 1.24. The number of rotatable bonds is 11. The molecule has 0 aromatic carbocycles. The first-order valence-electron chi connectivity index (χ1n) is 7.90. The largest absolute Gasteiger partial charge is 0.407 e. The predicted octanol–water partition coefficient (Wildman–Crippen LogP) is 2.46. The van der Waals surface area contributed by atoms with E-state index in [1.807, 2.05) is 0 Å². The number of anilines is 1. The molecule has 0 aliphatic heterocycles. The van der Waals surface area contributed by atoms with Crippen molar-refractivity contribution in [1.29, 1.82) is 0 Å². The van der Waals surface area contributed by atoms with Crippen molar-refractivity contribution in [3.63, 3.8) is 0 Å². The lowest BCUT2D eigenvalue weighted by molar-refractivity contribution is 0.200. The van der Waals surface area contributed by atoms with Gasteiger partial charge < -0.3 is 19.4 Å². The van der Waals surface area contributed by atoms with E-state index in [-0.39, 0.29) is 0 Å². The molecule has 1 aromatic heterocycles. The van der Waals surface area contributed by atoms with Gasteiger partial charge in [0.15, 0.2) is 0 Å². The predicted molar refractivity (Wildman–Crippen MR) is 84.4 cm³/mol. The van der Waals surface area contributed by atoms with E-state index in [1.54, 1.807) is 7.11 Å². The van der Waals surface area contributed by atoms with Crippen molar-refractivity contribution in [2.45, 2.75) is 53.1 Å². The molecule has 0 aliphatic carbocycles. The summed E-state index contributed by atoms with van der Waals surface area (Å²) < 4.78 is 11.0. The lowest BCUT2D eigenvalue weighted by atomic mass is 10.1. The van der Waals surface area contributed by atoms with E-state index in [0.717, 1.165) is 25.9 Å². The third-order valence-electron chi connectivity index (χ3n) is 3.45. The average Bonchev–Trinajstić information content (AvgIpc) is 2.91. The Morgan fingerprint density at radius 3 is 2.52 bits per heavy atom. The second kappa shape index (κ2) is 9.73. The highest BCUT2D eigenvalue weighted by molar-refractivity contribution is 5.26. The van der Waals surface area contributed by atoms with Crippen LogP contribution in [0.5, 0.6) is 0 Å². The van der Waals surface area contributed by atoms with Gasteiger partial charge in [-0.05, 0) is 25.3 Å².